The number of hydrogen-bond acceptors (Lipinski definition) is 4. The fourth-order valence-corrected chi connectivity index (χ4v) is 5.35. The number of Topliss-reactive ketones (excluding diaryl/α,β-unsaturated/α-hetero) is 2. The van der Waals surface area contributed by atoms with Crippen LogP contribution in [0.3, 0.4) is 0 Å². The van der Waals surface area contributed by atoms with Gasteiger partial charge in [0.25, 0.3) is 0 Å². The van der Waals surface area contributed by atoms with Crippen molar-refractivity contribution in [3.8, 4) is 0 Å². The minimum absolute atomic E-state index is 0.273. The maximum absolute atomic E-state index is 13.2. The molecule has 0 heterocycles. The Kier molecular flexibility index (Phi) is 8.19. The predicted octanol–water partition coefficient (Wildman–Crippen LogP) is 6.77. The molecule has 0 spiro atoms. The van der Waals surface area contributed by atoms with Crippen LogP contribution >= 0.6 is 0 Å². The van der Waals surface area contributed by atoms with Gasteiger partial charge in [-0.2, -0.15) is 0 Å². The van der Waals surface area contributed by atoms with Crippen LogP contribution in [0.4, 0.5) is 0 Å². The SMILES string of the molecule is COC1=C[C@@]2(C)CCCCCCC3=CC(OC)=C[C@](C)(CCCCCCC(=C1)C2=O)C3=O. The highest BCUT2D eigenvalue weighted by atomic mass is 16.5. The molecule has 4 nitrogen and oxygen atoms in total. The monoisotopic (exact) mass is 440 g/mol. The molecule has 0 aromatic rings. The lowest BCUT2D eigenvalue weighted by molar-refractivity contribution is -0.123. The summed E-state index contributed by atoms with van der Waals surface area (Å²) in [4.78, 5) is 26.5. The Morgan fingerprint density at radius 3 is 1.38 bits per heavy atom. The van der Waals surface area contributed by atoms with Crippen molar-refractivity contribution in [1.82, 2.24) is 0 Å². The van der Waals surface area contributed by atoms with E-state index in [0.717, 1.165) is 99.7 Å². The van der Waals surface area contributed by atoms with Crippen molar-refractivity contribution in [1.29, 1.82) is 0 Å². The molecular weight excluding hydrogens is 400 g/mol. The number of methoxy groups -OCH3 is 2. The van der Waals surface area contributed by atoms with Gasteiger partial charge in [0.2, 0.25) is 0 Å². The minimum atomic E-state index is -0.470. The summed E-state index contributed by atoms with van der Waals surface area (Å²) in [5.74, 6) is 2.19. The number of ether oxygens (including phenoxy) is 2. The zero-order valence-electron chi connectivity index (χ0n) is 20.4. The summed E-state index contributed by atoms with van der Waals surface area (Å²) in [6.07, 6.45) is 19.4. The second-order valence-corrected chi connectivity index (χ2v) is 10.2. The van der Waals surface area contributed by atoms with Crippen LogP contribution in [0.2, 0.25) is 0 Å². The zero-order valence-corrected chi connectivity index (χ0v) is 20.4. The summed E-state index contributed by atoms with van der Waals surface area (Å²) < 4.78 is 11.1. The lowest BCUT2D eigenvalue weighted by atomic mass is 9.72. The van der Waals surface area contributed by atoms with E-state index < -0.39 is 10.8 Å². The number of ketones is 2. The predicted molar refractivity (Wildman–Crippen MR) is 128 cm³/mol. The van der Waals surface area contributed by atoms with Crippen molar-refractivity contribution in [2.75, 3.05) is 14.2 Å². The first-order chi connectivity index (χ1) is 15.3. The number of rotatable bonds is 2. The van der Waals surface area contributed by atoms with E-state index in [4.69, 9.17) is 9.47 Å². The zero-order chi connectivity index (χ0) is 23.2. The van der Waals surface area contributed by atoms with Gasteiger partial charge in [-0.25, -0.2) is 0 Å². The van der Waals surface area contributed by atoms with Gasteiger partial charge >= 0.3 is 0 Å². The van der Waals surface area contributed by atoms with Crippen molar-refractivity contribution >= 4 is 11.6 Å². The molecule has 0 N–H and O–H groups in total. The first-order valence-corrected chi connectivity index (χ1v) is 12.4. The van der Waals surface area contributed by atoms with E-state index in [1.165, 1.54) is 0 Å². The van der Waals surface area contributed by atoms with Crippen molar-refractivity contribution in [2.24, 2.45) is 10.8 Å². The van der Waals surface area contributed by atoms with Crippen LogP contribution in [-0.2, 0) is 19.1 Å². The van der Waals surface area contributed by atoms with Gasteiger partial charge in [0.05, 0.1) is 25.0 Å². The van der Waals surface area contributed by atoms with Crippen LogP contribution in [0.5, 0.6) is 0 Å². The van der Waals surface area contributed by atoms with Crippen LogP contribution in [0, 0.1) is 10.8 Å². The first kappa shape index (κ1) is 24.5. The molecule has 2 atom stereocenters. The smallest absolute Gasteiger partial charge is 0.168 e. The summed E-state index contributed by atoms with van der Waals surface area (Å²) in [6.45, 7) is 4.12. The van der Waals surface area contributed by atoms with Crippen molar-refractivity contribution < 1.29 is 19.1 Å². The van der Waals surface area contributed by atoms with Crippen LogP contribution in [0.15, 0.2) is 47.0 Å². The number of carbonyl (C=O) groups is 2. The Labute approximate surface area is 193 Å². The van der Waals surface area contributed by atoms with Crippen LogP contribution in [-0.4, -0.2) is 25.8 Å². The van der Waals surface area contributed by atoms with Gasteiger partial charge in [0.15, 0.2) is 11.6 Å². The lowest BCUT2D eigenvalue weighted by Gasteiger charge is -2.31. The molecule has 3 aliphatic rings. The number of hydrogen-bond donors (Lipinski definition) is 0. The summed E-state index contributed by atoms with van der Waals surface area (Å²) in [6, 6.07) is 0. The maximum atomic E-state index is 13.2. The fourth-order valence-electron chi connectivity index (χ4n) is 5.35. The minimum Gasteiger partial charge on any atom is -0.497 e. The van der Waals surface area contributed by atoms with Gasteiger partial charge in [-0.15, -0.1) is 0 Å². The maximum Gasteiger partial charge on any atom is 0.168 e. The van der Waals surface area contributed by atoms with E-state index in [-0.39, 0.29) is 11.6 Å². The van der Waals surface area contributed by atoms with E-state index >= 15 is 0 Å². The third kappa shape index (κ3) is 5.63. The Morgan fingerprint density at radius 2 is 1.00 bits per heavy atom. The van der Waals surface area contributed by atoms with E-state index in [0.29, 0.717) is 0 Å². The molecule has 0 unspecified atom stereocenters. The molecule has 0 aliphatic heterocycles. The van der Waals surface area contributed by atoms with Gasteiger partial charge in [0, 0.05) is 0 Å². The third-order valence-electron chi connectivity index (χ3n) is 7.43. The quantitative estimate of drug-likeness (QED) is 0.475. The van der Waals surface area contributed by atoms with Gasteiger partial charge in [-0.3, -0.25) is 9.59 Å². The molecule has 0 amide bonds. The van der Waals surface area contributed by atoms with E-state index in [1.54, 1.807) is 14.2 Å². The van der Waals surface area contributed by atoms with E-state index in [2.05, 4.69) is 13.8 Å². The summed E-state index contributed by atoms with van der Waals surface area (Å²) >= 11 is 0. The fraction of sp³-hybridized carbons (Fsp3) is 0.643. The molecular formula is C28H40O4. The van der Waals surface area contributed by atoms with E-state index in [1.807, 2.05) is 24.3 Å². The molecule has 0 aromatic carbocycles. The molecule has 0 aromatic heterocycles. The van der Waals surface area contributed by atoms with Crippen LogP contribution < -0.4 is 0 Å². The normalized spacial score (nSPS) is 30.8. The second kappa shape index (κ2) is 10.7. The molecule has 176 valence electrons. The summed E-state index contributed by atoms with van der Waals surface area (Å²) in [5, 5.41) is 0. The second-order valence-electron chi connectivity index (χ2n) is 10.2. The molecule has 3 rings (SSSR count). The van der Waals surface area contributed by atoms with Gasteiger partial charge < -0.3 is 9.47 Å². The highest BCUT2D eigenvalue weighted by molar-refractivity contribution is 6.03. The molecule has 32 heavy (non-hydrogen) atoms. The Balaban J connectivity index is 1.74. The van der Waals surface area contributed by atoms with Crippen molar-refractivity contribution in [2.45, 2.75) is 90.9 Å². The van der Waals surface area contributed by atoms with Gasteiger partial charge in [-0.05, 0) is 87.8 Å². The Bertz CT molecular complexity index is 773. The number of carbonyl (C=O) groups excluding carboxylic acids is 2. The average Bonchev–Trinajstić information content (AvgIpc) is 2.77. The van der Waals surface area contributed by atoms with E-state index in [9.17, 15) is 9.59 Å². The summed E-state index contributed by atoms with van der Waals surface area (Å²) in [7, 11) is 3.37. The van der Waals surface area contributed by atoms with Crippen LogP contribution in [0.25, 0.3) is 0 Å². The number of fused-ring (bicyclic) bond motifs is 4. The lowest BCUT2D eigenvalue weighted by Crippen LogP contribution is -2.31. The molecule has 4 heteroatoms. The molecule has 3 aliphatic carbocycles. The van der Waals surface area contributed by atoms with Crippen molar-refractivity contribution in [3.05, 3.63) is 47.0 Å². The van der Waals surface area contributed by atoms with Gasteiger partial charge in [-0.1, -0.05) is 38.5 Å². The standard InChI is InChI=1S/C28H40O4/c1-27-15-11-7-5-10-14-22-18-24(32-4)20-28(2,26(22)30)16-12-8-6-9-13-21(25(27)29)17-23(19-27)31-3/h17-20H,5-16H2,1-4H3/t27-,28+. The Morgan fingerprint density at radius 1 is 0.625 bits per heavy atom. The average molecular weight is 441 g/mol. The molecule has 1 saturated carbocycles. The highest BCUT2D eigenvalue weighted by Gasteiger charge is 2.37. The molecule has 0 radical (unpaired) electrons. The molecule has 1 fully saturated rings. The first-order valence-electron chi connectivity index (χ1n) is 12.4. The topological polar surface area (TPSA) is 52.6 Å². The van der Waals surface area contributed by atoms with Crippen LogP contribution in [0.1, 0.15) is 90.9 Å². The van der Waals surface area contributed by atoms with Gasteiger partial charge in [0.1, 0.15) is 11.5 Å². The summed E-state index contributed by atoms with van der Waals surface area (Å²) in [5.41, 5.74) is 0.875. The molecule has 4 bridgehead atoms. The molecule has 0 saturated heterocycles. The largest absolute Gasteiger partial charge is 0.497 e. The number of allylic oxidation sites excluding steroid dienone is 6. The van der Waals surface area contributed by atoms with Crippen molar-refractivity contribution in [3.63, 3.8) is 0 Å². The highest BCUT2D eigenvalue weighted by Crippen LogP contribution is 2.39. The Hall–Kier alpha value is -2.10. The third-order valence-corrected chi connectivity index (χ3v) is 7.43.